The second-order valence-corrected chi connectivity index (χ2v) is 6.72. The van der Waals surface area contributed by atoms with Crippen molar-refractivity contribution in [3.8, 4) is 0 Å². The van der Waals surface area contributed by atoms with Gasteiger partial charge in [-0.25, -0.2) is 0 Å². The van der Waals surface area contributed by atoms with E-state index >= 15 is 0 Å². The predicted octanol–water partition coefficient (Wildman–Crippen LogP) is 3.11. The quantitative estimate of drug-likeness (QED) is 0.822. The summed E-state index contributed by atoms with van der Waals surface area (Å²) in [7, 11) is 0. The van der Waals surface area contributed by atoms with Crippen LogP contribution in [0.3, 0.4) is 0 Å². The van der Waals surface area contributed by atoms with Crippen molar-refractivity contribution in [3.63, 3.8) is 0 Å². The fourth-order valence-corrected chi connectivity index (χ4v) is 3.19. The minimum atomic E-state index is -0.278. The monoisotopic (exact) mass is 367 g/mol. The third-order valence-electron chi connectivity index (χ3n) is 4.76. The standard InChI is InChI=1S/C21H25N3O3/c1-3-15-7-4-6-14(2)19(15)24-21(26)17-10-16(11-22-12-17)20(25)23-13-18-8-5-9-27-18/h4,6-7,10-12,18H,3,5,8-9,13H2,1-2H3,(H,23,25)(H,24,26). The molecule has 0 radical (unpaired) electrons. The number of hydrogen-bond donors (Lipinski definition) is 2. The topological polar surface area (TPSA) is 80.3 Å². The normalized spacial score (nSPS) is 16.1. The highest BCUT2D eigenvalue weighted by Crippen LogP contribution is 2.22. The van der Waals surface area contributed by atoms with E-state index in [1.807, 2.05) is 32.0 Å². The highest BCUT2D eigenvalue weighted by Gasteiger charge is 2.18. The van der Waals surface area contributed by atoms with Crippen LogP contribution in [0.1, 0.15) is 51.6 Å². The number of hydrogen-bond acceptors (Lipinski definition) is 4. The summed E-state index contributed by atoms with van der Waals surface area (Å²) in [5, 5.41) is 5.81. The van der Waals surface area contributed by atoms with Crippen molar-refractivity contribution in [1.82, 2.24) is 10.3 Å². The maximum Gasteiger partial charge on any atom is 0.257 e. The van der Waals surface area contributed by atoms with Gasteiger partial charge in [0.05, 0.1) is 17.2 Å². The average Bonchev–Trinajstić information content (AvgIpc) is 3.21. The smallest absolute Gasteiger partial charge is 0.257 e. The van der Waals surface area contributed by atoms with Crippen molar-refractivity contribution in [2.24, 2.45) is 0 Å². The van der Waals surface area contributed by atoms with E-state index < -0.39 is 0 Å². The zero-order valence-corrected chi connectivity index (χ0v) is 15.7. The number of para-hydroxylation sites is 1. The van der Waals surface area contributed by atoms with Gasteiger partial charge in [-0.2, -0.15) is 0 Å². The van der Waals surface area contributed by atoms with E-state index in [1.54, 1.807) is 6.07 Å². The molecule has 3 rings (SSSR count). The van der Waals surface area contributed by atoms with Crippen molar-refractivity contribution in [3.05, 3.63) is 58.9 Å². The van der Waals surface area contributed by atoms with Crippen molar-refractivity contribution in [2.75, 3.05) is 18.5 Å². The number of benzene rings is 1. The Kier molecular flexibility index (Phi) is 6.19. The first-order valence-corrected chi connectivity index (χ1v) is 9.33. The number of carbonyl (C=O) groups is 2. The molecule has 2 aromatic rings. The van der Waals surface area contributed by atoms with Crippen LogP contribution >= 0.6 is 0 Å². The number of nitrogens with one attached hydrogen (secondary N) is 2. The van der Waals surface area contributed by atoms with Gasteiger partial charge in [0.2, 0.25) is 0 Å². The average molecular weight is 367 g/mol. The molecule has 1 saturated heterocycles. The molecule has 27 heavy (non-hydrogen) atoms. The zero-order valence-electron chi connectivity index (χ0n) is 15.7. The lowest BCUT2D eigenvalue weighted by Crippen LogP contribution is -2.32. The number of rotatable bonds is 6. The maximum absolute atomic E-state index is 12.7. The molecule has 1 atom stereocenters. The van der Waals surface area contributed by atoms with E-state index in [-0.39, 0.29) is 17.9 Å². The molecule has 2 heterocycles. The van der Waals surface area contributed by atoms with Gasteiger partial charge >= 0.3 is 0 Å². The Morgan fingerprint density at radius 2 is 2.00 bits per heavy atom. The van der Waals surface area contributed by atoms with Gasteiger partial charge < -0.3 is 15.4 Å². The molecule has 1 aromatic heterocycles. The van der Waals surface area contributed by atoms with Crippen LogP contribution in [0.4, 0.5) is 5.69 Å². The fourth-order valence-electron chi connectivity index (χ4n) is 3.19. The number of nitrogens with zero attached hydrogens (tertiary/aromatic N) is 1. The Labute approximate surface area is 159 Å². The van der Waals surface area contributed by atoms with Crippen LogP contribution in [0.25, 0.3) is 0 Å². The van der Waals surface area contributed by atoms with Crippen molar-refractivity contribution in [1.29, 1.82) is 0 Å². The van der Waals surface area contributed by atoms with Gasteiger partial charge in [-0.1, -0.05) is 25.1 Å². The van der Waals surface area contributed by atoms with Crippen LogP contribution in [0.2, 0.25) is 0 Å². The summed E-state index contributed by atoms with van der Waals surface area (Å²) >= 11 is 0. The Morgan fingerprint density at radius 1 is 1.22 bits per heavy atom. The molecule has 1 aliphatic heterocycles. The molecule has 1 unspecified atom stereocenters. The van der Waals surface area contributed by atoms with Gasteiger partial charge in [0.15, 0.2) is 0 Å². The molecule has 0 saturated carbocycles. The minimum Gasteiger partial charge on any atom is -0.376 e. The summed E-state index contributed by atoms with van der Waals surface area (Å²) in [6, 6.07) is 7.50. The van der Waals surface area contributed by atoms with E-state index in [0.29, 0.717) is 17.7 Å². The first-order chi connectivity index (χ1) is 13.1. The Balaban J connectivity index is 1.69. The number of ether oxygens (including phenoxy) is 1. The van der Waals surface area contributed by atoms with Crippen molar-refractivity contribution < 1.29 is 14.3 Å². The first-order valence-electron chi connectivity index (χ1n) is 9.33. The molecule has 2 N–H and O–H groups in total. The van der Waals surface area contributed by atoms with E-state index in [2.05, 4.69) is 15.6 Å². The molecule has 6 nitrogen and oxygen atoms in total. The van der Waals surface area contributed by atoms with Crippen LogP contribution in [0.15, 0.2) is 36.7 Å². The van der Waals surface area contributed by atoms with E-state index in [4.69, 9.17) is 4.74 Å². The Morgan fingerprint density at radius 3 is 2.70 bits per heavy atom. The lowest BCUT2D eigenvalue weighted by Gasteiger charge is -2.13. The first kappa shape index (κ1) is 19.0. The number of aromatic nitrogens is 1. The molecule has 1 aromatic carbocycles. The SMILES string of the molecule is CCc1cccc(C)c1NC(=O)c1cncc(C(=O)NCC2CCCO2)c1. The number of pyridine rings is 1. The molecule has 0 aliphatic carbocycles. The van der Waals surface area contributed by atoms with Crippen LogP contribution in [0.5, 0.6) is 0 Å². The van der Waals surface area contributed by atoms with E-state index in [1.165, 1.54) is 12.4 Å². The molecule has 6 heteroatoms. The molecular formula is C21H25N3O3. The fraction of sp³-hybridized carbons (Fsp3) is 0.381. The summed E-state index contributed by atoms with van der Waals surface area (Å²) in [6.07, 6.45) is 5.81. The maximum atomic E-state index is 12.7. The van der Waals surface area contributed by atoms with Crippen LogP contribution in [-0.2, 0) is 11.2 Å². The summed E-state index contributed by atoms with van der Waals surface area (Å²) in [5.74, 6) is -0.530. The predicted molar refractivity (Wildman–Crippen MR) is 104 cm³/mol. The highest BCUT2D eigenvalue weighted by atomic mass is 16.5. The summed E-state index contributed by atoms with van der Waals surface area (Å²) < 4.78 is 5.51. The molecule has 142 valence electrons. The van der Waals surface area contributed by atoms with Gasteiger partial charge in [0.25, 0.3) is 11.8 Å². The van der Waals surface area contributed by atoms with Gasteiger partial charge in [0, 0.05) is 31.2 Å². The third kappa shape index (κ3) is 4.71. The third-order valence-corrected chi connectivity index (χ3v) is 4.76. The largest absolute Gasteiger partial charge is 0.376 e. The van der Waals surface area contributed by atoms with E-state index in [9.17, 15) is 9.59 Å². The molecule has 1 fully saturated rings. The number of amides is 2. The highest BCUT2D eigenvalue weighted by molar-refractivity contribution is 6.06. The lowest BCUT2D eigenvalue weighted by atomic mass is 10.1. The number of aryl methyl sites for hydroxylation is 2. The zero-order chi connectivity index (χ0) is 19.2. The molecule has 0 spiro atoms. The van der Waals surface area contributed by atoms with Gasteiger partial charge in [-0.05, 0) is 43.4 Å². The van der Waals surface area contributed by atoms with Gasteiger partial charge in [0.1, 0.15) is 0 Å². The van der Waals surface area contributed by atoms with Gasteiger partial charge in [-0.3, -0.25) is 14.6 Å². The van der Waals surface area contributed by atoms with Crippen LogP contribution < -0.4 is 10.6 Å². The minimum absolute atomic E-state index is 0.0712. The number of carbonyl (C=O) groups excluding carboxylic acids is 2. The number of anilines is 1. The van der Waals surface area contributed by atoms with E-state index in [0.717, 1.165) is 42.7 Å². The summed E-state index contributed by atoms with van der Waals surface area (Å²) in [5.41, 5.74) is 3.60. The second-order valence-electron chi connectivity index (χ2n) is 6.72. The molecule has 0 bridgehead atoms. The summed E-state index contributed by atoms with van der Waals surface area (Å²) in [4.78, 5) is 29.1. The van der Waals surface area contributed by atoms with Crippen LogP contribution in [0, 0.1) is 6.92 Å². The van der Waals surface area contributed by atoms with Crippen molar-refractivity contribution in [2.45, 2.75) is 39.2 Å². The molecule has 1 aliphatic rings. The van der Waals surface area contributed by atoms with Crippen LogP contribution in [-0.4, -0.2) is 36.1 Å². The summed E-state index contributed by atoms with van der Waals surface area (Å²) in [6.45, 7) is 5.22. The molecular weight excluding hydrogens is 342 g/mol. The van der Waals surface area contributed by atoms with Gasteiger partial charge in [-0.15, -0.1) is 0 Å². The Bertz CT molecular complexity index is 829. The lowest BCUT2D eigenvalue weighted by molar-refractivity contribution is 0.0857. The molecule has 2 amide bonds. The van der Waals surface area contributed by atoms with Crippen molar-refractivity contribution >= 4 is 17.5 Å². The Hall–Kier alpha value is -2.73. The second kappa shape index (κ2) is 8.77.